The van der Waals surface area contributed by atoms with E-state index in [0.717, 1.165) is 49.0 Å². The molecule has 2 amide bonds. The Morgan fingerprint density at radius 1 is 1.30 bits per heavy atom. The van der Waals surface area contributed by atoms with Crippen LogP contribution in [-0.4, -0.2) is 84.5 Å². The van der Waals surface area contributed by atoms with E-state index in [1.807, 2.05) is 0 Å². The maximum atomic E-state index is 13.5. The van der Waals surface area contributed by atoms with Crippen LogP contribution in [0.5, 0.6) is 0 Å². The third kappa shape index (κ3) is 7.07. The first-order valence-corrected chi connectivity index (χ1v) is 16.3. The summed E-state index contributed by atoms with van der Waals surface area (Å²) in [6.07, 6.45) is 5.45. The molecule has 0 radical (unpaired) electrons. The lowest BCUT2D eigenvalue weighted by Crippen LogP contribution is -2.71. The Hall–Kier alpha value is -3.77. The number of nitrogens with one attached hydrogen (secondary N) is 2. The zero-order valence-corrected chi connectivity index (χ0v) is 25.3. The largest absolute Gasteiger partial charge is 0.511 e. The first-order chi connectivity index (χ1) is 20.7. The third-order valence-electron chi connectivity index (χ3n) is 6.81. The monoisotopic (exact) mass is 651 g/mol. The van der Waals surface area contributed by atoms with Gasteiger partial charge in [-0.2, -0.15) is 5.10 Å². The maximum absolute atomic E-state index is 13.5. The Kier molecular flexibility index (Phi) is 9.76. The first-order valence-electron chi connectivity index (χ1n) is 13.4. The molecule has 0 bridgehead atoms. The van der Waals surface area contributed by atoms with E-state index < -0.39 is 47.4 Å². The van der Waals surface area contributed by atoms with Gasteiger partial charge >= 0.3 is 12.1 Å². The summed E-state index contributed by atoms with van der Waals surface area (Å²) in [5.74, 6) is -1.48. The van der Waals surface area contributed by atoms with Gasteiger partial charge in [-0.3, -0.25) is 19.6 Å². The minimum absolute atomic E-state index is 0.00725. The molecule has 1 unspecified atom stereocenters. The SMILES string of the molecule is CC(OC(=O)OC1CCCCC1)OC(=O)C1=C(SCc2cn[nH]c2)CS[C@H]2[C@H](NC(=O)/C(=N\O)c3csc(N)n3)C(=O)N12. The highest BCUT2D eigenvalue weighted by molar-refractivity contribution is 8.05. The van der Waals surface area contributed by atoms with Crippen molar-refractivity contribution in [3.63, 3.8) is 0 Å². The maximum Gasteiger partial charge on any atom is 0.511 e. The molecule has 2 aromatic heterocycles. The number of anilines is 1. The number of carbonyl (C=O) groups is 4. The minimum atomic E-state index is -1.29. The van der Waals surface area contributed by atoms with Gasteiger partial charge in [0.2, 0.25) is 6.29 Å². The van der Waals surface area contributed by atoms with E-state index in [-0.39, 0.29) is 22.6 Å². The molecule has 1 saturated heterocycles. The predicted molar refractivity (Wildman–Crippen MR) is 157 cm³/mol. The number of β-lactam (4-membered cyclic amide) rings is 1. The topological polar surface area (TPSA) is 211 Å². The number of fused-ring (bicyclic) bond motifs is 1. The van der Waals surface area contributed by atoms with Crippen LogP contribution in [0.4, 0.5) is 9.93 Å². The minimum Gasteiger partial charge on any atom is -0.431 e. The van der Waals surface area contributed by atoms with Crippen LogP contribution in [0.25, 0.3) is 0 Å². The van der Waals surface area contributed by atoms with E-state index in [2.05, 4.69) is 25.7 Å². The number of aromatic nitrogens is 3. The average molecular weight is 652 g/mol. The van der Waals surface area contributed by atoms with Gasteiger partial charge in [-0.1, -0.05) is 11.6 Å². The highest BCUT2D eigenvalue weighted by atomic mass is 32.2. The lowest BCUT2D eigenvalue weighted by atomic mass is 9.98. The zero-order valence-electron chi connectivity index (χ0n) is 22.9. The fourth-order valence-electron chi connectivity index (χ4n) is 4.75. The van der Waals surface area contributed by atoms with Crippen LogP contribution < -0.4 is 11.1 Å². The quantitative estimate of drug-likeness (QED) is 0.0727. The molecule has 1 saturated carbocycles. The van der Waals surface area contributed by atoms with E-state index in [9.17, 15) is 24.4 Å². The molecular weight excluding hydrogens is 623 g/mol. The summed E-state index contributed by atoms with van der Waals surface area (Å²) in [6, 6.07) is -1.02. The van der Waals surface area contributed by atoms with Gasteiger partial charge in [0.15, 0.2) is 10.8 Å². The fraction of sp³-hybridized carbons (Fsp3) is 0.480. The molecule has 2 fully saturated rings. The Labute approximate surface area is 257 Å². The number of rotatable bonds is 10. The smallest absolute Gasteiger partial charge is 0.431 e. The highest BCUT2D eigenvalue weighted by Crippen LogP contribution is 2.44. The van der Waals surface area contributed by atoms with Crippen molar-refractivity contribution in [2.24, 2.45) is 5.16 Å². The van der Waals surface area contributed by atoms with Crippen LogP contribution in [0, 0.1) is 0 Å². The lowest BCUT2D eigenvalue weighted by Gasteiger charge is -2.49. The van der Waals surface area contributed by atoms with Crippen LogP contribution in [0.3, 0.4) is 0 Å². The second-order valence-electron chi connectivity index (χ2n) is 9.77. The molecule has 230 valence electrons. The summed E-state index contributed by atoms with van der Waals surface area (Å²) in [7, 11) is 0. The van der Waals surface area contributed by atoms with Gasteiger partial charge in [0.1, 0.15) is 28.9 Å². The zero-order chi connectivity index (χ0) is 30.5. The van der Waals surface area contributed by atoms with Crippen molar-refractivity contribution >= 4 is 69.6 Å². The average Bonchev–Trinajstić information content (AvgIpc) is 3.67. The molecule has 2 aromatic rings. The summed E-state index contributed by atoms with van der Waals surface area (Å²) in [6.45, 7) is 1.38. The number of carbonyl (C=O) groups excluding carboxylic acids is 4. The summed E-state index contributed by atoms with van der Waals surface area (Å²) in [5.41, 5.74) is 6.14. The van der Waals surface area contributed by atoms with Gasteiger partial charge in [-0.15, -0.1) is 34.9 Å². The summed E-state index contributed by atoms with van der Waals surface area (Å²) >= 11 is 3.73. The van der Waals surface area contributed by atoms with Crippen molar-refractivity contribution in [1.29, 1.82) is 0 Å². The predicted octanol–water partition coefficient (Wildman–Crippen LogP) is 2.55. The summed E-state index contributed by atoms with van der Waals surface area (Å²) in [4.78, 5) is 57.7. The van der Waals surface area contributed by atoms with Crippen LogP contribution in [0.15, 0.2) is 33.5 Å². The number of nitrogens with two attached hydrogens (primary N) is 1. The molecular formula is C25H29N7O8S3. The standard InChI is InChI=1S/C25H29N7O8S3/c1-12(39-25(36)40-14-5-3-2-4-6-14)38-23(35)19-16(41-9-13-7-27-28-8-13)11-42-22-18(21(34)32(19)22)30-20(33)17(31-37)15-10-43-24(26)29-15/h7-8,10,12,14,18,22,37H,2-6,9,11H2,1H3,(H2,26,29)(H,27,28)(H,30,33)/b31-17-/t12?,18-,22+/m1/s1. The molecule has 0 spiro atoms. The Bertz CT molecular complexity index is 1420. The molecule has 43 heavy (non-hydrogen) atoms. The Morgan fingerprint density at radius 3 is 2.77 bits per heavy atom. The normalized spacial score (nSPS) is 21.5. The second-order valence-corrected chi connectivity index (χ2v) is 12.8. The lowest BCUT2D eigenvalue weighted by molar-refractivity contribution is -0.169. The van der Waals surface area contributed by atoms with Gasteiger partial charge < -0.3 is 30.5 Å². The van der Waals surface area contributed by atoms with Gasteiger partial charge in [-0.25, -0.2) is 14.6 Å². The molecule has 0 aromatic carbocycles. The number of thiazole rings is 1. The number of oxime groups is 1. The van der Waals surface area contributed by atoms with Gasteiger partial charge in [0.25, 0.3) is 11.8 Å². The van der Waals surface area contributed by atoms with Crippen LogP contribution in [-0.2, 0) is 34.3 Å². The molecule has 5 N–H and O–H groups in total. The number of H-pyrrole nitrogens is 1. The number of hydrogen-bond acceptors (Lipinski definition) is 15. The molecule has 3 atom stereocenters. The van der Waals surface area contributed by atoms with E-state index in [0.29, 0.717) is 16.4 Å². The Balaban J connectivity index is 1.27. The van der Waals surface area contributed by atoms with E-state index in [1.54, 1.807) is 12.4 Å². The first kappa shape index (κ1) is 30.7. The summed E-state index contributed by atoms with van der Waals surface area (Å²) < 4.78 is 16.0. The number of amides is 2. The van der Waals surface area contributed by atoms with Crippen LogP contribution in [0.1, 0.15) is 50.3 Å². The fourth-order valence-corrected chi connectivity index (χ4v) is 7.85. The Morgan fingerprint density at radius 2 is 2.09 bits per heavy atom. The van der Waals surface area contributed by atoms with Crippen LogP contribution >= 0.6 is 34.9 Å². The van der Waals surface area contributed by atoms with Crippen LogP contribution in [0.2, 0.25) is 0 Å². The number of aromatic amines is 1. The number of thioether (sulfide) groups is 2. The molecule has 15 nitrogen and oxygen atoms in total. The number of nitrogen functional groups attached to an aromatic ring is 1. The second kappa shape index (κ2) is 13.7. The van der Waals surface area contributed by atoms with E-state index in [1.165, 1.54) is 40.7 Å². The number of esters is 1. The third-order valence-corrected chi connectivity index (χ3v) is 10.1. The molecule has 4 heterocycles. The number of nitrogens with zero attached hydrogens (tertiary/aromatic N) is 4. The van der Waals surface area contributed by atoms with Crippen molar-refractivity contribution in [3.8, 4) is 0 Å². The molecule has 5 rings (SSSR count). The molecule has 1 aliphatic carbocycles. The van der Waals surface area contributed by atoms with Crippen molar-refractivity contribution in [3.05, 3.63) is 39.6 Å². The molecule has 3 aliphatic rings. The van der Waals surface area contributed by atoms with E-state index >= 15 is 0 Å². The van der Waals surface area contributed by atoms with Gasteiger partial charge in [0.05, 0.1) is 6.20 Å². The molecule has 18 heteroatoms. The van der Waals surface area contributed by atoms with Crippen molar-refractivity contribution in [1.82, 2.24) is 25.4 Å². The van der Waals surface area contributed by atoms with Gasteiger partial charge in [-0.05, 0) is 25.7 Å². The van der Waals surface area contributed by atoms with Crippen molar-refractivity contribution in [2.75, 3.05) is 11.5 Å². The number of hydrogen-bond donors (Lipinski definition) is 4. The van der Waals surface area contributed by atoms with Gasteiger partial charge in [0, 0.05) is 40.5 Å². The highest BCUT2D eigenvalue weighted by Gasteiger charge is 2.55. The van der Waals surface area contributed by atoms with Crippen molar-refractivity contribution < 1.29 is 38.6 Å². The summed E-state index contributed by atoms with van der Waals surface area (Å²) in [5, 5.41) is 22.6. The van der Waals surface area contributed by atoms with Crippen molar-refractivity contribution in [2.45, 2.75) is 68.6 Å². The molecule has 2 aliphatic heterocycles. The van der Waals surface area contributed by atoms with E-state index in [4.69, 9.17) is 19.9 Å². The number of ether oxygens (including phenoxy) is 3.